The summed E-state index contributed by atoms with van der Waals surface area (Å²) in [4.78, 5) is 47.0. The number of aromatic nitrogens is 2. The number of pyridine rings is 2. The molecule has 1 fully saturated rings. The fraction of sp³-hybridized carbons (Fsp3) is 0.529. The van der Waals surface area contributed by atoms with Crippen LogP contribution < -0.4 is 5.56 Å². The number of cyclic esters (lactones) is 1. The number of carbonyl (C=O) groups is 2. The molecule has 0 bridgehead atoms. The van der Waals surface area contributed by atoms with E-state index < -0.39 is 17.7 Å². The van der Waals surface area contributed by atoms with E-state index in [1.807, 2.05) is 25.1 Å². The van der Waals surface area contributed by atoms with Gasteiger partial charge in [-0.25, -0.2) is 9.78 Å². The molecule has 4 heterocycles. The van der Waals surface area contributed by atoms with Gasteiger partial charge in [0.25, 0.3) is 5.56 Å². The molecular weight excluding hydrogens is 562 g/mol. The van der Waals surface area contributed by atoms with E-state index in [-0.39, 0.29) is 49.1 Å². The molecule has 0 saturated heterocycles. The van der Waals surface area contributed by atoms with Crippen molar-refractivity contribution in [3.63, 3.8) is 0 Å². The Balaban J connectivity index is 1.30. The van der Waals surface area contributed by atoms with E-state index in [0.717, 1.165) is 42.2 Å². The van der Waals surface area contributed by atoms with E-state index in [2.05, 4.69) is 0 Å². The number of hydrogen-bond acceptors (Lipinski definition) is 9. The third kappa shape index (κ3) is 5.33. The summed E-state index contributed by atoms with van der Waals surface area (Å²) in [6.45, 7) is 2.10. The lowest BCUT2D eigenvalue weighted by molar-refractivity contribution is -0.181. The Kier molecular flexibility index (Phi) is 8.34. The molecule has 0 amide bonds. The largest absolute Gasteiger partial charge is 0.508 e. The van der Waals surface area contributed by atoms with Crippen molar-refractivity contribution < 1.29 is 29.3 Å². The minimum Gasteiger partial charge on any atom is -0.508 e. The zero-order chi connectivity index (χ0) is 31.2. The number of rotatable bonds is 10. The summed E-state index contributed by atoms with van der Waals surface area (Å²) >= 11 is 0. The van der Waals surface area contributed by atoms with Gasteiger partial charge in [-0.1, -0.05) is 26.2 Å². The molecule has 0 radical (unpaired) electrons. The number of esters is 1. The van der Waals surface area contributed by atoms with Crippen LogP contribution in [0.3, 0.4) is 0 Å². The second-order valence-corrected chi connectivity index (χ2v) is 12.8. The summed E-state index contributed by atoms with van der Waals surface area (Å²) in [5.74, 6) is -0.413. The number of ether oxygens (including phenoxy) is 2. The van der Waals surface area contributed by atoms with Crippen molar-refractivity contribution in [1.82, 2.24) is 14.5 Å². The molecule has 2 N–H and O–H groups in total. The predicted molar refractivity (Wildman–Crippen MR) is 164 cm³/mol. The Bertz CT molecular complexity index is 1670. The summed E-state index contributed by atoms with van der Waals surface area (Å²) in [5.41, 5.74) is 2.35. The number of nitrogens with zero attached hydrogens (tertiary/aromatic N) is 3. The van der Waals surface area contributed by atoms with Gasteiger partial charge in [-0.3, -0.25) is 9.59 Å². The molecule has 2 atom stereocenters. The molecule has 0 spiro atoms. The van der Waals surface area contributed by atoms with Crippen LogP contribution in [-0.4, -0.2) is 63.2 Å². The van der Waals surface area contributed by atoms with E-state index in [1.54, 1.807) is 29.7 Å². The number of aromatic hydroxyl groups is 1. The first-order valence-corrected chi connectivity index (χ1v) is 15.7. The minimum atomic E-state index is -1.61. The van der Waals surface area contributed by atoms with Crippen LogP contribution in [0.25, 0.3) is 22.3 Å². The monoisotopic (exact) mass is 603 g/mol. The smallest absolute Gasteiger partial charge is 0.343 e. The molecule has 1 saturated carbocycles. The number of hydrogen-bond donors (Lipinski definition) is 2. The number of aliphatic hydroxyl groups excluding tert-OH is 1. The maximum atomic E-state index is 13.9. The molecule has 2 aliphatic heterocycles. The number of fused-ring (bicyclic) bond motifs is 5. The van der Waals surface area contributed by atoms with Gasteiger partial charge in [0, 0.05) is 35.0 Å². The maximum Gasteiger partial charge on any atom is 0.343 e. The van der Waals surface area contributed by atoms with Gasteiger partial charge in [-0.2, -0.15) is 0 Å². The normalized spacial score (nSPS) is 20.3. The SMILES string of the molecule is CCC1(OCC(=O)CCC(O)C2CCCCC2)C(=O)OCc2c1cc1n(c2=O)Cc2cc3c(CN(C)C)c(O)ccc3nc2-1. The lowest BCUT2D eigenvalue weighted by Gasteiger charge is -2.36. The van der Waals surface area contributed by atoms with Gasteiger partial charge in [-0.05, 0) is 70.0 Å². The van der Waals surface area contributed by atoms with Gasteiger partial charge in [-0.15, -0.1) is 0 Å². The van der Waals surface area contributed by atoms with Crippen LogP contribution in [0, 0.1) is 5.92 Å². The molecule has 1 aromatic carbocycles. The van der Waals surface area contributed by atoms with Crippen molar-refractivity contribution in [3.8, 4) is 17.1 Å². The molecule has 3 aromatic rings. The standard InChI is InChI=1S/C34H41N3O7/c1-4-34(44-18-22(38)10-12-29(39)20-8-6-5-7-9-20)26-15-28-31-21(16-37(28)32(41)25(26)19-43-33(34)42)14-23-24(17-36(2)3)30(40)13-11-27(23)35-31/h11,13-15,20,29,39-40H,4-10,12,16-19H2,1-3H3. The van der Waals surface area contributed by atoms with Gasteiger partial charge in [0.05, 0.1) is 35.1 Å². The van der Waals surface area contributed by atoms with E-state index >= 15 is 0 Å². The predicted octanol–water partition coefficient (Wildman–Crippen LogP) is 4.16. The first-order chi connectivity index (χ1) is 21.1. The summed E-state index contributed by atoms with van der Waals surface area (Å²) in [6.07, 6.45) is 5.57. The Morgan fingerprint density at radius 1 is 1.20 bits per heavy atom. The average molecular weight is 604 g/mol. The Morgan fingerprint density at radius 3 is 2.70 bits per heavy atom. The van der Waals surface area contributed by atoms with E-state index in [1.165, 1.54) is 6.42 Å². The Morgan fingerprint density at radius 2 is 1.98 bits per heavy atom. The van der Waals surface area contributed by atoms with Crippen LogP contribution in [-0.2, 0) is 44.4 Å². The highest BCUT2D eigenvalue weighted by Crippen LogP contribution is 2.41. The summed E-state index contributed by atoms with van der Waals surface area (Å²) in [5, 5.41) is 22.0. The van der Waals surface area contributed by atoms with Gasteiger partial charge in [0.2, 0.25) is 0 Å². The summed E-state index contributed by atoms with van der Waals surface area (Å²) in [7, 11) is 3.86. The van der Waals surface area contributed by atoms with Crippen molar-refractivity contribution >= 4 is 22.7 Å². The zero-order valence-corrected chi connectivity index (χ0v) is 25.7. The van der Waals surface area contributed by atoms with Gasteiger partial charge < -0.3 is 29.2 Å². The number of benzene rings is 1. The molecule has 1 aliphatic carbocycles. The molecule has 2 aromatic heterocycles. The van der Waals surface area contributed by atoms with Gasteiger partial charge >= 0.3 is 5.97 Å². The molecule has 10 heteroatoms. The Hall–Kier alpha value is -3.60. The number of ketones is 1. The molecule has 44 heavy (non-hydrogen) atoms. The van der Waals surface area contributed by atoms with Gasteiger partial charge in [0.1, 0.15) is 19.0 Å². The number of carbonyl (C=O) groups excluding carboxylic acids is 2. The summed E-state index contributed by atoms with van der Waals surface area (Å²) in [6, 6.07) is 7.17. The fourth-order valence-corrected chi connectivity index (χ4v) is 7.15. The lowest BCUT2D eigenvalue weighted by atomic mass is 9.83. The number of aliphatic hydroxyl groups is 1. The topological polar surface area (TPSA) is 131 Å². The first kappa shape index (κ1) is 30.4. The van der Waals surface area contributed by atoms with Crippen molar-refractivity contribution in [2.75, 3.05) is 20.7 Å². The quantitative estimate of drug-likeness (QED) is 0.257. The number of Topliss-reactive ketones (excluding diaryl/α,β-unsaturated/α-hetero) is 1. The average Bonchev–Trinajstić information content (AvgIpc) is 3.38. The highest BCUT2D eigenvalue weighted by Gasteiger charge is 2.48. The van der Waals surface area contributed by atoms with E-state index in [9.17, 15) is 24.6 Å². The van der Waals surface area contributed by atoms with Crippen LogP contribution in [0.2, 0.25) is 0 Å². The second kappa shape index (κ2) is 12.1. The highest BCUT2D eigenvalue weighted by molar-refractivity contribution is 5.89. The molecule has 234 valence electrons. The third-order valence-electron chi connectivity index (χ3n) is 9.61. The molecular formula is C34H41N3O7. The Labute approximate surface area is 256 Å². The number of phenols is 1. The maximum absolute atomic E-state index is 13.9. The van der Waals surface area contributed by atoms with Crippen molar-refractivity contribution in [2.24, 2.45) is 5.92 Å². The van der Waals surface area contributed by atoms with Gasteiger partial charge in [0.15, 0.2) is 11.4 Å². The molecule has 3 aliphatic rings. The van der Waals surface area contributed by atoms with E-state index in [4.69, 9.17) is 14.5 Å². The third-order valence-corrected chi connectivity index (χ3v) is 9.61. The second-order valence-electron chi connectivity index (χ2n) is 12.8. The minimum absolute atomic E-state index is 0.155. The van der Waals surface area contributed by atoms with Crippen molar-refractivity contribution in [1.29, 1.82) is 0 Å². The molecule has 10 nitrogen and oxygen atoms in total. The first-order valence-electron chi connectivity index (χ1n) is 15.7. The zero-order valence-electron chi connectivity index (χ0n) is 25.7. The van der Waals surface area contributed by atoms with Crippen LogP contribution >= 0.6 is 0 Å². The van der Waals surface area contributed by atoms with Crippen molar-refractivity contribution in [2.45, 2.75) is 89.7 Å². The lowest BCUT2D eigenvalue weighted by Crippen LogP contribution is -2.47. The van der Waals surface area contributed by atoms with Crippen molar-refractivity contribution in [3.05, 3.63) is 56.9 Å². The highest BCUT2D eigenvalue weighted by atomic mass is 16.6. The van der Waals surface area contributed by atoms with Crippen LogP contribution in [0.4, 0.5) is 0 Å². The van der Waals surface area contributed by atoms with E-state index in [0.29, 0.717) is 47.5 Å². The van der Waals surface area contributed by atoms with Crippen LogP contribution in [0.15, 0.2) is 29.1 Å². The number of phenolic OH excluding ortho intramolecular Hbond substituents is 1. The summed E-state index contributed by atoms with van der Waals surface area (Å²) < 4.78 is 13.3. The fourth-order valence-electron chi connectivity index (χ4n) is 7.15. The van der Waals surface area contributed by atoms with Crippen LogP contribution in [0.1, 0.15) is 80.5 Å². The molecule has 2 unspecified atom stereocenters. The van der Waals surface area contributed by atoms with Crippen LogP contribution in [0.5, 0.6) is 5.75 Å². The molecule has 6 rings (SSSR count).